The van der Waals surface area contributed by atoms with Gasteiger partial charge in [-0.15, -0.1) is 23.1 Å². The first-order valence-corrected chi connectivity index (χ1v) is 6.02. The molecule has 0 atom stereocenters. The van der Waals surface area contributed by atoms with Gasteiger partial charge in [-0.2, -0.15) is 0 Å². The summed E-state index contributed by atoms with van der Waals surface area (Å²) in [6.45, 7) is 0. The Kier molecular flexibility index (Phi) is 4.93. The van der Waals surface area contributed by atoms with E-state index in [0.29, 0.717) is 0 Å². The number of hydrogen-bond acceptors (Lipinski definition) is 4. The Morgan fingerprint density at radius 3 is 3.00 bits per heavy atom. The number of aliphatic carboxylic acids is 1. The second-order valence-electron chi connectivity index (χ2n) is 2.61. The topological polar surface area (TPSA) is 40.1 Å². The highest BCUT2D eigenvalue weighted by molar-refractivity contribution is 8.01. The zero-order valence-corrected chi connectivity index (χ0v) is 8.83. The van der Waals surface area contributed by atoms with Gasteiger partial charge in [0.05, 0.1) is 4.21 Å². The highest BCUT2D eigenvalue weighted by Crippen LogP contribution is 2.24. The molecule has 0 saturated heterocycles. The van der Waals surface area contributed by atoms with Crippen LogP contribution in [0.5, 0.6) is 0 Å². The maximum Gasteiger partial charge on any atom is 0.0598 e. The summed E-state index contributed by atoms with van der Waals surface area (Å²) in [5.41, 5.74) is 0. The van der Waals surface area contributed by atoms with Crippen molar-refractivity contribution < 1.29 is 9.90 Å². The lowest BCUT2D eigenvalue weighted by Crippen LogP contribution is -2.21. The van der Waals surface area contributed by atoms with E-state index in [1.807, 2.05) is 11.4 Å². The normalized spacial score (nSPS) is 10.2. The molecule has 1 aromatic rings. The van der Waals surface area contributed by atoms with Crippen LogP contribution in [-0.4, -0.2) is 11.7 Å². The summed E-state index contributed by atoms with van der Waals surface area (Å²) in [5, 5.41) is 12.1. The van der Waals surface area contributed by atoms with Crippen LogP contribution in [-0.2, 0) is 4.79 Å². The molecule has 0 aliphatic heterocycles. The van der Waals surface area contributed by atoms with Crippen LogP contribution in [0.2, 0.25) is 0 Å². The molecule has 0 aliphatic rings. The molecule has 72 valence electrons. The average Bonchev–Trinajstić information content (AvgIpc) is 2.55. The van der Waals surface area contributed by atoms with Crippen molar-refractivity contribution in [1.29, 1.82) is 0 Å². The minimum Gasteiger partial charge on any atom is -0.550 e. The largest absolute Gasteiger partial charge is 0.550 e. The van der Waals surface area contributed by atoms with E-state index in [-0.39, 0.29) is 6.42 Å². The Morgan fingerprint density at radius 1 is 1.54 bits per heavy atom. The molecule has 13 heavy (non-hydrogen) atoms. The predicted molar refractivity (Wildman–Crippen MR) is 53.9 cm³/mol. The summed E-state index contributed by atoms with van der Waals surface area (Å²) in [4.78, 5) is 10.1. The van der Waals surface area contributed by atoms with Gasteiger partial charge in [-0.3, -0.25) is 0 Å². The molecule has 0 saturated carbocycles. The zero-order valence-electron chi connectivity index (χ0n) is 7.19. The first-order valence-electron chi connectivity index (χ1n) is 4.15. The van der Waals surface area contributed by atoms with E-state index in [1.165, 1.54) is 4.21 Å². The number of hydrogen-bond donors (Lipinski definition) is 0. The van der Waals surface area contributed by atoms with Gasteiger partial charge >= 0.3 is 0 Å². The van der Waals surface area contributed by atoms with Crippen molar-refractivity contribution in [3.05, 3.63) is 17.5 Å². The predicted octanol–water partition coefficient (Wildman–Crippen LogP) is 1.76. The minimum atomic E-state index is -0.943. The SMILES string of the molecule is O=C([O-])CCCCSc1cccs1. The lowest BCUT2D eigenvalue weighted by molar-refractivity contribution is -0.305. The highest BCUT2D eigenvalue weighted by Gasteiger charge is 1.94. The molecule has 0 radical (unpaired) electrons. The monoisotopic (exact) mass is 215 g/mol. The van der Waals surface area contributed by atoms with Gasteiger partial charge in [0.2, 0.25) is 0 Å². The molecule has 0 fully saturated rings. The van der Waals surface area contributed by atoms with Crippen LogP contribution in [0.1, 0.15) is 19.3 Å². The van der Waals surface area contributed by atoms with E-state index in [2.05, 4.69) is 6.07 Å². The Morgan fingerprint density at radius 2 is 2.38 bits per heavy atom. The van der Waals surface area contributed by atoms with Gasteiger partial charge in [-0.05, 0) is 36.5 Å². The van der Waals surface area contributed by atoms with Crippen molar-refractivity contribution in [2.75, 3.05) is 5.75 Å². The molecule has 1 heterocycles. The van der Waals surface area contributed by atoms with Gasteiger partial charge < -0.3 is 9.90 Å². The van der Waals surface area contributed by atoms with Crippen LogP contribution in [0.4, 0.5) is 0 Å². The maximum atomic E-state index is 10.1. The van der Waals surface area contributed by atoms with Crippen molar-refractivity contribution in [2.45, 2.75) is 23.5 Å². The fourth-order valence-corrected chi connectivity index (χ4v) is 2.75. The molecule has 4 heteroatoms. The third-order valence-corrected chi connectivity index (χ3v) is 3.73. The zero-order chi connectivity index (χ0) is 9.52. The summed E-state index contributed by atoms with van der Waals surface area (Å²) in [5.74, 6) is 0.0504. The van der Waals surface area contributed by atoms with Gasteiger partial charge in [0.15, 0.2) is 0 Å². The maximum absolute atomic E-state index is 10.1. The van der Waals surface area contributed by atoms with Crippen molar-refractivity contribution in [3.63, 3.8) is 0 Å². The van der Waals surface area contributed by atoms with Gasteiger partial charge in [-0.25, -0.2) is 0 Å². The number of thioether (sulfide) groups is 1. The highest BCUT2D eigenvalue weighted by atomic mass is 32.2. The Balaban J connectivity index is 1.99. The third kappa shape index (κ3) is 4.95. The van der Waals surface area contributed by atoms with Crippen LogP contribution in [0.15, 0.2) is 21.7 Å². The van der Waals surface area contributed by atoms with Gasteiger partial charge in [0, 0.05) is 5.97 Å². The number of carbonyl (C=O) groups is 1. The summed E-state index contributed by atoms with van der Waals surface area (Å²) in [6, 6.07) is 4.10. The third-order valence-electron chi connectivity index (χ3n) is 1.51. The Labute approximate surface area is 86.0 Å². The van der Waals surface area contributed by atoms with E-state index >= 15 is 0 Å². The fraction of sp³-hybridized carbons (Fsp3) is 0.444. The van der Waals surface area contributed by atoms with Gasteiger partial charge in [0.25, 0.3) is 0 Å². The summed E-state index contributed by atoms with van der Waals surface area (Å²) < 4.78 is 1.30. The van der Waals surface area contributed by atoms with Gasteiger partial charge in [-0.1, -0.05) is 6.07 Å². The molecule has 0 aromatic carbocycles. The van der Waals surface area contributed by atoms with E-state index in [9.17, 15) is 9.90 Å². The molecule has 2 nitrogen and oxygen atoms in total. The smallest absolute Gasteiger partial charge is 0.0598 e. The van der Waals surface area contributed by atoms with E-state index in [0.717, 1.165) is 18.6 Å². The Bertz CT molecular complexity index is 244. The van der Waals surface area contributed by atoms with Crippen LogP contribution >= 0.6 is 23.1 Å². The number of carboxylic acids is 1. The minimum absolute atomic E-state index is 0.186. The first-order chi connectivity index (χ1) is 6.29. The van der Waals surface area contributed by atoms with E-state index in [1.54, 1.807) is 23.1 Å². The van der Waals surface area contributed by atoms with Crippen LogP contribution in [0.3, 0.4) is 0 Å². The molecular weight excluding hydrogens is 204 g/mol. The lowest BCUT2D eigenvalue weighted by Gasteiger charge is -2.00. The Hall–Kier alpha value is -0.480. The number of unbranched alkanes of at least 4 members (excludes halogenated alkanes) is 1. The molecule has 1 rings (SSSR count). The van der Waals surface area contributed by atoms with Crippen LogP contribution in [0, 0.1) is 0 Å². The van der Waals surface area contributed by atoms with Crippen LogP contribution in [0.25, 0.3) is 0 Å². The lowest BCUT2D eigenvalue weighted by atomic mass is 10.3. The van der Waals surface area contributed by atoms with Gasteiger partial charge in [0.1, 0.15) is 0 Å². The number of rotatable bonds is 6. The number of carboxylic acid groups (broad SMARTS) is 1. The second kappa shape index (κ2) is 6.05. The quantitative estimate of drug-likeness (QED) is 0.536. The molecule has 0 aliphatic carbocycles. The fourth-order valence-electron chi connectivity index (χ4n) is 0.890. The molecule has 0 unspecified atom stereocenters. The molecular formula is C9H11O2S2-. The second-order valence-corrected chi connectivity index (χ2v) is 4.95. The van der Waals surface area contributed by atoms with Crippen LogP contribution < -0.4 is 5.11 Å². The number of thiophene rings is 1. The van der Waals surface area contributed by atoms with E-state index in [4.69, 9.17) is 0 Å². The molecule has 0 N–H and O–H groups in total. The summed E-state index contributed by atoms with van der Waals surface area (Å²) in [7, 11) is 0. The molecule has 0 bridgehead atoms. The molecule has 1 aromatic heterocycles. The van der Waals surface area contributed by atoms with Crippen molar-refractivity contribution in [3.8, 4) is 0 Å². The summed E-state index contributed by atoms with van der Waals surface area (Å²) >= 11 is 3.51. The van der Waals surface area contributed by atoms with Crippen molar-refractivity contribution in [1.82, 2.24) is 0 Å². The van der Waals surface area contributed by atoms with Crippen molar-refractivity contribution >= 4 is 29.1 Å². The average molecular weight is 215 g/mol. The number of carbonyl (C=O) groups excluding carboxylic acids is 1. The molecule has 0 spiro atoms. The standard InChI is InChI=1S/C9H12O2S2/c10-8(11)4-1-2-6-12-9-5-3-7-13-9/h3,5,7H,1-2,4,6H2,(H,10,11)/p-1. The molecule has 0 amide bonds. The first kappa shape index (κ1) is 10.6. The van der Waals surface area contributed by atoms with E-state index < -0.39 is 5.97 Å². The van der Waals surface area contributed by atoms with Crippen molar-refractivity contribution in [2.24, 2.45) is 0 Å². The summed E-state index contributed by atoms with van der Waals surface area (Å²) in [6.07, 6.45) is 1.85.